The first kappa shape index (κ1) is 35.6. The zero-order valence-electron chi connectivity index (χ0n) is 30.1. The summed E-state index contributed by atoms with van der Waals surface area (Å²) in [5.41, 5.74) is 3.72. The summed E-state index contributed by atoms with van der Waals surface area (Å²) < 4.78 is 22.6. The van der Waals surface area contributed by atoms with E-state index in [2.05, 4.69) is 27.7 Å². The van der Waals surface area contributed by atoms with Gasteiger partial charge in [-0.15, -0.1) is 0 Å². The van der Waals surface area contributed by atoms with Gasteiger partial charge in [0, 0.05) is 10.8 Å². The Hall–Kier alpha value is -6.80. The van der Waals surface area contributed by atoms with Gasteiger partial charge < -0.3 is 18.9 Å². The Morgan fingerprint density at radius 1 is 0.315 bits per heavy atom. The van der Waals surface area contributed by atoms with Crippen LogP contribution in [0.1, 0.15) is 91.4 Å². The van der Waals surface area contributed by atoms with Crippen molar-refractivity contribution < 1.29 is 38.1 Å². The summed E-state index contributed by atoms with van der Waals surface area (Å²) >= 11 is 0. The van der Waals surface area contributed by atoms with Crippen molar-refractivity contribution in [2.45, 2.75) is 38.5 Å². The Balaban J connectivity index is 1.20. The number of esters is 4. The second-order valence-electron chi connectivity index (χ2n) is 14.1. The zero-order valence-corrected chi connectivity index (χ0v) is 30.1. The average molecular weight is 717 g/mol. The molecule has 13 rings (SSSR count). The third-order valence-electron chi connectivity index (χ3n) is 9.81. The van der Waals surface area contributed by atoms with Crippen LogP contribution in [0.4, 0.5) is 0 Å². The van der Waals surface area contributed by atoms with Crippen LogP contribution < -0.4 is 18.9 Å². The molecule has 0 saturated carbocycles. The molecule has 0 fully saturated rings. The molecule has 7 aliphatic rings. The van der Waals surface area contributed by atoms with E-state index >= 15 is 0 Å². The van der Waals surface area contributed by atoms with Gasteiger partial charge in [-0.1, -0.05) is 88.4 Å². The van der Waals surface area contributed by atoms with Crippen molar-refractivity contribution in [1.82, 2.24) is 0 Å². The molecular formula is C46H36O8. The molecule has 6 aromatic carbocycles. The lowest BCUT2D eigenvalue weighted by atomic mass is 9.78. The van der Waals surface area contributed by atoms with Crippen molar-refractivity contribution >= 4 is 23.9 Å². The average Bonchev–Trinajstić information content (AvgIpc) is 3.18. The van der Waals surface area contributed by atoms with Crippen LogP contribution in [0.2, 0.25) is 0 Å². The largest absolute Gasteiger partial charge is 0.423 e. The molecule has 0 saturated heterocycles. The summed E-state index contributed by atoms with van der Waals surface area (Å²) in [6.45, 7) is 8.22. The Bertz CT molecular complexity index is 2040. The lowest BCUT2D eigenvalue weighted by Crippen LogP contribution is -2.19. The molecule has 6 aromatic rings. The molecule has 0 atom stereocenters. The van der Waals surface area contributed by atoms with Crippen molar-refractivity contribution in [2.75, 3.05) is 0 Å². The number of rotatable bonds is 0. The highest BCUT2D eigenvalue weighted by atomic mass is 16.5. The molecule has 8 nitrogen and oxygen atoms in total. The van der Waals surface area contributed by atoms with Crippen molar-refractivity contribution in [3.05, 3.63) is 190 Å². The molecule has 0 amide bonds. The molecule has 7 heterocycles. The lowest BCUT2D eigenvalue weighted by Gasteiger charge is -2.26. The second kappa shape index (κ2) is 14.3. The smallest absolute Gasteiger partial charge is 0.343 e. The molecule has 0 spiro atoms. The molecule has 12 bridgehead atoms. The van der Waals surface area contributed by atoms with E-state index < -0.39 is 34.7 Å². The highest BCUT2D eigenvalue weighted by Gasteiger charge is 2.26. The van der Waals surface area contributed by atoms with Crippen LogP contribution in [0, 0.1) is 0 Å². The van der Waals surface area contributed by atoms with E-state index in [1.807, 2.05) is 48.5 Å². The van der Waals surface area contributed by atoms with Gasteiger partial charge in [0.05, 0.1) is 22.3 Å². The van der Waals surface area contributed by atoms with E-state index in [-0.39, 0.29) is 22.3 Å². The molecule has 0 N–H and O–H groups in total. The lowest BCUT2D eigenvalue weighted by molar-refractivity contribution is 0.0715. The van der Waals surface area contributed by atoms with Gasteiger partial charge in [-0.2, -0.15) is 0 Å². The van der Waals surface area contributed by atoms with E-state index in [1.165, 1.54) is 12.1 Å². The first-order valence-corrected chi connectivity index (χ1v) is 17.4. The summed E-state index contributed by atoms with van der Waals surface area (Å²) in [6.07, 6.45) is 0. The number of hydrogen-bond acceptors (Lipinski definition) is 8. The van der Waals surface area contributed by atoms with Crippen molar-refractivity contribution in [1.29, 1.82) is 0 Å². The van der Waals surface area contributed by atoms with E-state index in [4.69, 9.17) is 18.9 Å². The minimum Gasteiger partial charge on any atom is -0.423 e. The van der Waals surface area contributed by atoms with E-state index in [1.54, 1.807) is 84.9 Å². The summed E-state index contributed by atoms with van der Waals surface area (Å²) in [7, 11) is 0. The van der Waals surface area contributed by atoms with Gasteiger partial charge in [0.2, 0.25) is 0 Å². The van der Waals surface area contributed by atoms with Crippen LogP contribution in [0.3, 0.4) is 0 Å². The molecule has 7 aliphatic heterocycles. The van der Waals surface area contributed by atoms with Crippen LogP contribution in [0.25, 0.3) is 0 Å². The van der Waals surface area contributed by atoms with Crippen LogP contribution in [-0.4, -0.2) is 23.9 Å². The first-order valence-electron chi connectivity index (χ1n) is 17.4. The predicted octanol–water partition coefficient (Wildman–Crippen LogP) is 9.53. The van der Waals surface area contributed by atoms with Crippen LogP contribution in [0.5, 0.6) is 23.0 Å². The number of hydrogen-bond donors (Lipinski definition) is 0. The minimum absolute atomic E-state index is 0.200. The monoisotopic (exact) mass is 716 g/mol. The van der Waals surface area contributed by atoms with Gasteiger partial charge in [0.25, 0.3) is 0 Å². The number of ether oxygens (including phenoxy) is 4. The predicted molar refractivity (Wildman–Crippen MR) is 203 cm³/mol. The second-order valence-corrected chi connectivity index (χ2v) is 14.1. The van der Waals surface area contributed by atoms with Gasteiger partial charge in [-0.25, -0.2) is 19.2 Å². The molecule has 8 heteroatoms. The fourth-order valence-electron chi connectivity index (χ4n) is 6.30. The Morgan fingerprint density at radius 3 is 0.722 bits per heavy atom. The third kappa shape index (κ3) is 7.41. The summed E-state index contributed by atoms with van der Waals surface area (Å²) in [6, 6.07) is 41.2. The highest BCUT2D eigenvalue weighted by Crippen LogP contribution is 2.35. The summed E-state index contributed by atoms with van der Waals surface area (Å²) in [5, 5.41) is 0. The van der Waals surface area contributed by atoms with Crippen molar-refractivity contribution in [3.8, 4) is 23.0 Å². The van der Waals surface area contributed by atoms with Crippen molar-refractivity contribution in [3.63, 3.8) is 0 Å². The van der Waals surface area contributed by atoms with Gasteiger partial charge in [-0.05, 0) is 107 Å². The maximum Gasteiger partial charge on any atom is 0.343 e. The first-order chi connectivity index (χ1) is 25.9. The van der Waals surface area contributed by atoms with Crippen LogP contribution in [-0.2, 0) is 10.8 Å². The van der Waals surface area contributed by atoms with E-state index in [0.29, 0.717) is 23.0 Å². The molecular weight excluding hydrogens is 680 g/mol. The topological polar surface area (TPSA) is 105 Å². The third-order valence-corrected chi connectivity index (χ3v) is 9.81. The minimum atomic E-state index is -0.614. The van der Waals surface area contributed by atoms with Crippen LogP contribution >= 0.6 is 0 Å². The number of benzene rings is 6. The SMILES string of the molecule is CC1(C)c2ccc(cc2)OC(=O)c2cccc(c2)C(=O)Oc2ccc(cc2)C(C)(C)c2ccc(cc2)OC(=O)c2cccc(c2)C(=O)Oc2ccc1cc2. The summed E-state index contributed by atoms with van der Waals surface area (Å²) in [4.78, 5) is 52.5. The normalized spacial score (nSPS) is 15.3. The maximum absolute atomic E-state index is 13.1. The number of carbonyl (C=O) groups excluding carboxylic acids is 4. The molecule has 0 aromatic heterocycles. The fraction of sp³-hybridized carbons (Fsp3) is 0.130. The molecule has 0 unspecified atom stereocenters. The highest BCUT2D eigenvalue weighted by molar-refractivity contribution is 5.97. The maximum atomic E-state index is 13.1. The Morgan fingerprint density at radius 2 is 0.519 bits per heavy atom. The van der Waals surface area contributed by atoms with Crippen LogP contribution in [0.15, 0.2) is 146 Å². The van der Waals surface area contributed by atoms with E-state index in [9.17, 15) is 19.2 Å². The number of carbonyl (C=O) groups is 4. The standard InChI is InChI=1S/C46H36O8/c1-45(2)33-11-19-37(20-12-33)51-41(47)29-7-5-9-31(27-29)43(49)53-39-23-15-35(16-24-39)46(3,4)36-17-25-40(26-18-36)54-44(50)32-10-6-8-30(28-32)42(48)52-38-21-13-34(45)14-22-38/h5-28H,1-4H3. The van der Waals surface area contributed by atoms with Gasteiger partial charge in [0.1, 0.15) is 23.0 Å². The zero-order chi connectivity index (χ0) is 38.0. The Labute approximate surface area is 312 Å². The van der Waals surface area contributed by atoms with Crippen molar-refractivity contribution in [2.24, 2.45) is 0 Å². The van der Waals surface area contributed by atoms with Gasteiger partial charge >= 0.3 is 23.9 Å². The quantitative estimate of drug-likeness (QED) is 0.113. The fourth-order valence-corrected chi connectivity index (χ4v) is 6.30. The van der Waals surface area contributed by atoms with Gasteiger partial charge in [-0.3, -0.25) is 0 Å². The Kier molecular flexibility index (Phi) is 9.44. The molecule has 268 valence electrons. The molecule has 0 aliphatic carbocycles. The van der Waals surface area contributed by atoms with Gasteiger partial charge in [0.15, 0.2) is 0 Å². The molecule has 0 radical (unpaired) electrons. The molecule has 54 heavy (non-hydrogen) atoms. The van der Waals surface area contributed by atoms with E-state index in [0.717, 1.165) is 22.3 Å². The summed E-state index contributed by atoms with van der Waals surface area (Å²) in [5.74, 6) is -1.08.